The lowest BCUT2D eigenvalue weighted by Crippen LogP contribution is -2.37. The van der Waals surface area contributed by atoms with Crippen LogP contribution in [0.3, 0.4) is 0 Å². The summed E-state index contributed by atoms with van der Waals surface area (Å²) in [5.74, 6) is -0.648. The lowest BCUT2D eigenvalue weighted by atomic mass is 9.96. The molecule has 0 spiro atoms. The van der Waals surface area contributed by atoms with Crippen LogP contribution in [0.1, 0.15) is 36.8 Å². The third-order valence-corrected chi connectivity index (χ3v) is 5.62. The number of rotatable bonds is 8. The molecule has 3 aromatic rings. The number of carbonyl (C=O) groups is 2. The number of benzene rings is 2. The summed E-state index contributed by atoms with van der Waals surface area (Å²) >= 11 is 1.49. The summed E-state index contributed by atoms with van der Waals surface area (Å²) < 4.78 is 6.27. The van der Waals surface area contributed by atoms with Crippen LogP contribution >= 0.6 is 11.3 Å². The Morgan fingerprint density at radius 1 is 1.14 bits per heavy atom. The van der Waals surface area contributed by atoms with Crippen molar-refractivity contribution in [3.05, 3.63) is 71.2 Å². The number of carbonyl (C=O) groups excluding carboxylic acids is 2. The van der Waals surface area contributed by atoms with E-state index in [2.05, 4.69) is 29.4 Å². The van der Waals surface area contributed by atoms with Crippen molar-refractivity contribution in [2.45, 2.75) is 32.3 Å². The van der Waals surface area contributed by atoms with Crippen LogP contribution in [0.5, 0.6) is 0 Å². The van der Waals surface area contributed by atoms with E-state index in [1.54, 1.807) is 13.0 Å². The Morgan fingerprint density at radius 3 is 2.59 bits per heavy atom. The highest BCUT2D eigenvalue weighted by atomic mass is 32.1. The van der Waals surface area contributed by atoms with Gasteiger partial charge in [-0.2, -0.15) is 0 Å². The maximum atomic E-state index is 12.3. The van der Waals surface area contributed by atoms with E-state index in [4.69, 9.17) is 4.74 Å². The van der Waals surface area contributed by atoms with E-state index >= 15 is 0 Å². The number of para-hydroxylation sites is 1. The van der Waals surface area contributed by atoms with Crippen molar-refractivity contribution in [3.63, 3.8) is 0 Å². The van der Waals surface area contributed by atoms with Crippen LogP contribution in [-0.2, 0) is 14.3 Å². The minimum Gasteiger partial charge on any atom is -0.449 e. The number of hydrogen-bond acceptors (Lipinski definition) is 5. The molecule has 6 heteroatoms. The van der Waals surface area contributed by atoms with Crippen molar-refractivity contribution in [3.8, 4) is 0 Å². The lowest BCUT2D eigenvalue weighted by molar-refractivity contribution is -0.150. The molecule has 0 fully saturated rings. The van der Waals surface area contributed by atoms with Crippen LogP contribution in [0.25, 0.3) is 16.3 Å². The number of aromatic nitrogens is 1. The largest absolute Gasteiger partial charge is 0.449 e. The number of ether oxygens (including phenoxy) is 1. The standard InChI is InChI=1S/C23H24N2O3S/c1-3-17(18-9-5-4-6-10-18)15-24-23(27)16(2)28-22(26)14-13-21-25-19-11-7-8-12-20(19)29-21/h4-14,16-17H,3,15H2,1-2H3,(H,24,27)/b14-13+/t16-,17-/m0/s1. The van der Waals surface area contributed by atoms with E-state index in [0.29, 0.717) is 11.6 Å². The van der Waals surface area contributed by atoms with Gasteiger partial charge in [0.25, 0.3) is 5.91 Å². The lowest BCUT2D eigenvalue weighted by Gasteiger charge is -2.18. The minimum atomic E-state index is -0.865. The average molecular weight is 409 g/mol. The van der Waals surface area contributed by atoms with Gasteiger partial charge in [-0.1, -0.05) is 49.4 Å². The summed E-state index contributed by atoms with van der Waals surface area (Å²) in [4.78, 5) is 28.8. The van der Waals surface area contributed by atoms with Gasteiger partial charge in [0, 0.05) is 18.5 Å². The predicted octanol–water partition coefficient (Wildman–Crippen LogP) is 4.55. The Morgan fingerprint density at radius 2 is 1.86 bits per heavy atom. The molecule has 0 aliphatic carbocycles. The highest BCUT2D eigenvalue weighted by Gasteiger charge is 2.18. The second-order valence-corrected chi connectivity index (χ2v) is 7.76. The summed E-state index contributed by atoms with van der Waals surface area (Å²) in [6.45, 7) is 4.16. The first-order valence-corrected chi connectivity index (χ1v) is 10.5. The van der Waals surface area contributed by atoms with Gasteiger partial charge in [-0.15, -0.1) is 11.3 Å². The smallest absolute Gasteiger partial charge is 0.331 e. The Kier molecular flexibility index (Phi) is 7.14. The summed E-state index contributed by atoms with van der Waals surface area (Å²) in [5, 5.41) is 3.59. The topological polar surface area (TPSA) is 68.3 Å². The molecule has 0 saturated heterocycles. The normalized spacial score (nSPS) is 13.3. The van der Waals surface area contributed by atoms with Gasteiger partial charge in [0.05, 0.1) is 10.2 Å². The number of fused-ring (bicyclic) bond motifs is 1. The van der Waals surface area contributed by atoms with Gasteiger partial charge in [-0.05, 0) is 37.1 Å². The Bertz CT molecular complexity index is 965. The molecular weight excluding hydrogens is 384 g/mol. The maximum Gasteiger partial charge on any atom is 0.331 e. The molecule has 5 nitrogen and oxygen atoms in total. The highest BCUT2D eigenvalue weighted by molar-refractivity contribution is 7.19. The highest BCUT2D eigenvalue weighted by Crippen LogP contribution is 2.22. The zero-order valence-electron chi connectivity index (χ0n) is 16.5. The molecule has 0 unspecified atom stereocenters. The first-order chi connectivity index (χ1) is 14.1. The van der Waals surface area contributed by atoms with Gasteiger partial charge in [-0.3, -0.25) is 4.79 Å². The van der Waals surface area contributed by atoms with Crippen molar-refractivity contribution >= 4 is 39.5 Å². The average Bonchev–Trinajstić information content (AvgIpc) is 3.16. The van der Waals surface area contributed by atoms with Gasteiger partial charge in [0.2, 0.25) is 0 Å². The van der Waals surface area contributed by atoms with Crippen molar-refractivity contribution in [1.82, 2.24) is 10.3 Å². The Labute approximate surface area is 174 Å². The zero-order valence-corrected chi connectivity index (χ0v) is 17.3. The molecule has 0 radical (unpaired) electrons. The molecule has 0 bridgehead atoms. The van der Waals surface area contributed by atoms with E-state index in [0.717, 1.165) is 16.6 Å². The van der Waals surface area contributed by atoms with E-state index in [1.807, 2.05) is 42.5 Å². The van der Waals surface area contributed by atoms with Crippen molar-refractivity contribution in [2.24, 2.45) is 0 Å². The summed E-state index contributed by atoms with van der Waals surface area (Å²) in [7, 11) is 0. The Balaban J connectivity index is 1.50. The molecule has 150 valence electrons. The maximum absolute atomic E-state index is 12.3. The zero-order chi connectivity index (χ0) is 20.6. The van der Waals surface area contributed by atoms with Gasteiger partial charge in [0.1, 0.15) is 5.01 Å². The molecule has 1 heterocycles. The number of hydrogen-bond donors (Lipinski definition) is 1. The van der Waals surface area contributed by atoms with E-state index < -0.39 is 12.1 Å². The molecule has 3 rings (SSSR count). The van der Waals surface area contributed by atoms with Gasteiger partial charge in [0.15, 0.2) is 6.10 Å². The van der Waals surface area contributed by atoms with Crippen molar-refractivity contribution in [2.75, 3.05) is 6.54 Å². The summed E-state index contributed by atoms with van der Waals surface area (Å²) in [6, 6.07) is 17.8. The Hall–Kier alpha value is -2.99. The first-order valence-electron chi connectivity index (χ1n) is 9.63. The molecular formula is C23H24N2O3S. The van der Waals surface area contributed by atoms with Crippen LogP contribution < -0.4 is 5.32 Å². The van der Waals surface area contributed by atoms with E-state index in [-0.39, 0.29) is 11.8 Å². The molecule has 29 heavy (non-hydrogen) atoms. The van der Waals surface area contributed by atoms with Crippen LogP contribution in [0.2, 0.25) is 0 Å². The number of amides is 1. The molecule has 0 aliphatic heterocycles. The first kappa shape index (κ1) is 20.7. The number of nitrogens with zero attached hydrogens (tertiary/aromatic N) is 1. The van der Waals surface area contributed by atoms with Crippen molar-refractivity contribution < 1.29 is 14.3 Å². The van der Waals surface area contributed by atoms with Gasteiger partial charge in [-0.25, -0.2) is 9.78 Å². The van der Waals surface area contributed by atoms with Crippen LogP contribution in [0.15, 0.2) is 60.7 Å². The third kappa shape index (κ3) is 5.74. The summed E-state index contributed by atoms with van der Waals surface area (Å²) in [6.07, 6.45) is 2.96. The van der Waals surface area contributed by atoms with Gasteiger partial charge < -0.3 is 10.1 Å². The minimum absolute atomic E-state index is 0.224. The molecule has 1 amide bonds. The van der Waals surface area contributed by atoms with E-state index in [9.17, 15) is 9.59 Å². The number of esters is 1. The van der Waals surface area contributed by atoms with Gasteiger partial charge >= 0.3 is 5.97 Å². The fourth-order valence-electron chi connectivity index (χ4n) is 2.96. The molecule has 0 saturated carbocycles. The fraction of sp³-hybridized carbons (Fsp3) is 0.261. The molecule has 1 N–H and O–H groups in total. The van der Waals surface area contributed by atoms with Crippen LogP contribution in [0.4, 0.5) is 0 Å². The summed E-state index contributed by atoms with van der Waals surface area (Å²) in [5.41, 5.74) is 2.07. The molecule has 2 aromatic carbocycles. The van der Waals surface area contributed by atoms with Crippen LogP contribution in [-0.4, -0.2) is 29.5 Å². The third-order valence-electron chi connectivity index (χ3n) is 4.62. The second-order valence-electron chi connectivity index (χ2n) is 6.69. The molecule has 1 aromatic heterocycles. The number of nitrogens with one attached hydrogen (secondary N) is 1. The monoisotopic (exact) mass is 408 g/mol. The fourth-order valence-corrected chi connectivity index (χ4v) is 3.83. The molecule has 0 aliphatic rings. The van der Waals surface area contributed by atoms with Crippen molar-refractivity contribution in [1.29, 1.82) is 0 Å². The van der Waals surface area contributed by atoms with Crippen LogP contribution in [0, 0.1) is 0 Å². The predicted molar refractivity (Wildman–Crippen MR) is 117 cm³/mol. The second kappa shape index (κ2) is 9.98. The van der Waals surface area contributed by atoms with E-state index in [1.165, 1.54) is 23.0 Å². The number of thiazole rings is 1. The SMILES string of the molecule is CC[C@@H](CNC(=O)[C@H](C)OC(=O)/C=C/c1nc2ccccc2s1)c1ccccc1. The molecule has 2 atom stereocenters. The quantitative estimate of drug-likeness (QED) is 0.438.